The molecule has 2 N–H and O–H groups in total. The molecular formula is C20H21FN4O2. The number of hydrogen-bond donors (Lipinski definition) is 2. The second-order valence-corrected chi connectivity index (χ2v) is 7.25. The summed E-state index contributed by atoms with van der Waals surface area (Å²) in [6.45, 7) is 1.55. The molecule has 1 amide bonds. The molecule has 3 heterocycles. The van der Waals surface area contributed by atoms with Gasteiger partial charge in [0.05, 0.1) is 12.1 Å². The van der Waals surface area contributed by atoms with E-state index in [1.165, 1.54) is 10.6 Å². The number of aromatic nitrogens is 3. The van der Waals surface area contributed by atoms with Crippen molar-refractivity contribution in [3.63, 3.8) is 0 Å². The molecule has 3 aromatic rings. The number of carbonyl (C=O) groups is 1. The molecule has 0 unspecified atom stereocenters. The van der Waals surface area contributed by atoms with Crippen molar-refractivity contribution in [1.29, 1.82) is 0 Å². The molecule has 1 aliphatic rings. The van der Waals surface area contributed by atoms with Crippen LogP contribution in [0, 0.1) is 5.82 Å². The fraction of sp³-hybridized carbons (Fsp3) is 0.350. The maximum atomic E-state index is 14.4. The van der Waals surface area contributed by atoms with Gasteiger partial charge in [0.25, 0.3) is 0 Å². The maximum Gasteiger partial charge on any atom is 0.228 e. The fourth-order valence-electron chi connectivity index (χ4n) is 3.52. The van der Waals surface area contributed by atoms with E-state index in [0.717, 1.165) is 24.8 Å². The van der Waals surface area contributed by atoms with E-state index >= 15 is 0 Å². The minimum Gasteiger partial charge on any atom is -0.383 e. The van der Waals surface area contributed by atoms with Crippen molar-refractivity contribution in [3.05, 3.63) is 59.8 Å². The van der Waals surface area contributed by atoms with Gasteiger partial charge in [-0.3, -0.25) is 9.78 Å². The lowest BCUT2D eigenvalue weighted by atomic mass is 9.80. The van der Waals surface area contributed by atoms with Gasteiger partial charge in [0.1, 0.15) is 16.9 Å². The third-order valence-corrected chi connectivity index (χ3v) is 5.14. The monoisotopic (exact) mass is 368 g/mol. The Morgan fingerprint density at radius 3 is 2.85 bits per heavy atom. The maximum absolute atomic E-state index is 14.4. The number of rotatable bonds is 5. The van der Waals surface area contributed by atoms with Crippen LogP contribution in [0.3, 0.4) is 0 Å². The third-order valence-electron chi connectivity index (χ3n) is 5.14. The molecule has 0 radical (unpaired) electrons. The van der Waals surface area contributed by atoms with E-state index in [4.69, 9.17) is 0 Å². The molecule has 3 aromatic heterocycles. The largest absolute Gasteiger partial charge is 0.383 e. The number of nitrogens with zero attached hydrogens (tertiary/aromatic N) is 3. The molecular weight excluding hydrogens is 347 g/mol. The Bertz CT molecular complexity index is 980. The van der Waals surface area contributed by atoms with Gasteiger partial charge in [-0.25, -0.2) is 8.91 Å². The van der Waals surface area contributed by atoms with E-state index < -0.39 is 11.5 Å². The van der Waals surface area contributed by atoms with Crippen LogP contribution in [0.2, 0.25) is 0 Å². The van der Waals surface area contributed by atoms with Crippen LogP contribution >= 0.6 is 0 Å². The molecule has 140 valence electrons. The van der Waals surface area contributed by atoms with Crippen LogP contribution in [0.4, 0.5) is 10.2 Å². The molecule has 7 heteroatoms. The number of amides is 1. The van der Waals surface area contributed by atoms with Crippen molar-refractivity contribution >= 4 is 17.2 Å². The second-order valence-electron chi connectivity index (χ2n) is 7.25. The van der Waals surface area contributed by atoms with Crippen molar-refractivity contribution in [2.45, 2.75) is 44.1 Å². The van der Waals surface area contributed by atoms with Crippen LogP contribution in [0.15, 0.2) is 42.7 Å². The van der Waals surface area contributed by atoms with Gasteiger partial charge in [0, 0.05) is 18.0 Å². The summed E-state index contributed by atoms with van der Waals surface area (Å²) in [5.74, 6) is -0.194. The highest BCUT2D eigenvalue weighted by atomic mass is 19.1. The molecule has 0 spiro atoms. The lowest BCUT2D eigenvalue weighted by molar-refractivity contribution is -0.120. The predicted octanol–water partition coefficient (Wildman–Crippen LogP) is 3.37. The average molecular weight is 368 g/mol. The van der Waals surface area contributed by atoms with Gasteiger partial charge in [0.2, 0.25) is 5.91 Å². The third kappa shape index (κ3) is 3.30. The summed E-state index contributed by atoms with van der Waals surface area (Å²) in [4.78, 5) is 16.7. The number of halogens is 1. The minimum atomic E-state index is -1.41. The molecule has 1 fully saturated rings. The van der Waals surface area contributed by atoms with Crippen LogP contribution in [-0.4, -0.2) is 25.6 Å². The van der Waals surface area contributed by atoms with E-state index in [1.807, 2.05) is 0 Å². The average Bonchev–Trinajstić information content (AvgIpc) is 2.93. The van der Waals surface area contributed by atoms with E-state index in [0.29, 0.717) is 17.0 Å². The molecule has 0 aromatic carbocycles. The van der Waals surface area contributed by atoms with Crippen molar-refractivity contribution < 1.29 is 14.3 Å². The van der Waals surface area contributed by atoms with Gasteiger partial charge in [-0.15, -0.1) is 5.10 Å². The van der Waals surface area contributed by atoms with Crippen molar-refractivity contribution in [2.24, 2.45) is 0 Å². The van der Waals surface area contributed by atoms with Gasteiger partial charge in [0.15, 0.2) is 5.82 Å². The van der Waals surface area contributed by atoms with Crippen LogP contribution < -0.4 is 5.32 Å². The first-order chi connectivity index (χ1) is 13.0. The summed E-state index contributed by atoms with van der Waals surface area (Å²) in [7, 11) is 0. The highest BCUT2D eigenvalue weighted by molar-refractivity contribution is 5.92. The molecule has 4 rings (SSSR count). The fourth-order valence-corrected chi connectivity index (χ4v) is 3.52. The summed E-state index contributed by atoms with van der Waals surface area (Å²) in [6.07, 6.45) is 6.04. The Morgan fingerprint density at radius 1 is 1.37 bits per heavy atom. The number of hydrogen-bond acceptors (Lipinski definition) is 4. The summed E-state index contributed by atoms with van der Waals surface area (Å²) in [5, 5.41) is 17.8. The zero-order valence-electron chi connectivity index (χ0n) is 15.0. The number of fused-ring (bicyclic) bond motifs is 1. The van der Waals surface area contributed by atoms with Crippen molar-refractivity contribution in [3.8, 4) is 0 Å². The minimum absolute atomic E-state index is 0.176. The van der Waals surface area contributed by atoms with Gasteiger partial charge in [-0.05, 0) is 49.9 Å². The first-order valence-electron chi connectivity index (χ1n) is 9.06. The quantitative estimate of drug-likeness (QED) is 0.724. The van der Waals surface area contributed by atoms with Gasteiger partial charge >= 0.3 is 0 Å². The number of nitrogens with one attached hydrogen (secondary N) is 1. The topological polar surface area (TPSA) is 79.5 Å². The summed E-state index contributed by atoms with van der Waals surface area (Å²) < 4.78 is 15.9. The zero-order chi connectivity index (χ0) is 19.0. The summed E-state index contributed by atoms with van der Waals surface area (Å²) in [6, 6.07) is 8.16. The Hall–Kier alpha value is -2.80. The summed E-state index contributed by atoms with van der Waals surface area (Å²) in [5.41, 5.74) is 0.159. The van der Waals surface area contributed by atoms with Crippen molar-refractivity contribution in [1.82, 2.24) is 14.6 Å². The highest BCUT2D eigenvalue weighted by Crippen LogP contribution is 2.42. The Kier molecular flexibility index (Phi) is 4.39. The molecule has 27 heavy (non-hydrogen) atoms. The Balaban J connectivity index is 1.61. The van der Waals surface area contributed by atoms with E-state index in [1.54, 1.807) is 43.6 Å². The standard InChI is InChI=1S/C20H21FN4O2/c1-20(27,15-9-2-3-10-22-15)12-16(26)23-19-17(13-6-4-7-13)18-14(21)8-5-11-25(18)24-19/h2-3,5,8-11,13,27H,4,6-7,12H2,1H3,(H,23,24,26)/t20-/m1/s1. The first-order valence-corrected chi connectivity index (χ1v) is 9.06. The number of anilines is 1. The van der Waals surface area contributed by atoms with Gasteiger partial charge in [-0.1, -0.05) is 12.5 Å². The molecule has 1 aliphatic carbocycles. The first kappa shape index (κ1) is 17.6. The van der Waals surface area contributed by atoms with Crippen LogP contribution in [-0.2, 0) is 10.4 Å². The molecule has 1 saturated carbocycles. The number of aliphatic hydroxyl groups is 1. The van der Waals surface area contributed by atoms with E-state index in [2.05, 4.69) is 15.4 Å². The predicted molar refractivity (Wildman–Crippen MR) is 98.8 cm³/mol. The van der Waals surface area contributed by atoms with Gasteiger partial charge < -0.3 is 10.4 Å². The van der Waals surface area contributed by atoms with Crippen LogP contribution in [0.5, 0.6) is 0 Å². The number of pyridine rings is 2. The second kappa shape index (κ2) is 6.74. The van der Waals surface area contributed by atoms with E-state index in [9.17, 15) is 14.3 Å². The molecule has 0 saturated heterocycles. The molecule has 0 bridgehead atoms. The SMILES string of the molecule is C[C@@](O)(CC(=O)Nc1nn2cccc(F)c2c1C1CCC1)c1ccccn1. The van der Waals surface area contributed by atoms with Crippen molar-refractivity contribution in [2.75, 3.05) is 5.32 Å². The lowest BCUT2D eigenvalue weighted by Crippen LogP contribution is -2.29. The Labute approximate surface area is 156 Å². The van der Waals surface area contributed by atoms with Gasteiger partial charge in [-0.2, -0.15) is 0 Å². The van der Waals surface area contributed by atoms with E-state index in [-0.39, 0.29) is 18.2 Å². The molecule has 1 atom stereocenters. The highest BCUT2D eigenvalue weighted by Gasteiger charge is 2.32. The normalized spacial score (nSPS) is 16.7. The molecule has 0 aliphatic heterocycles. The smallest absolute Gasteiger partial charge is 0.228 e. The summed E-state index contributed by atoms with van der Waals surface area (Å²) >= 11 is 0. The Morgan fingerprint density at radius 2 is 2.19 bits per heavy atom. The number of carbonyl (C=O) groups excluding carboxylic acids is 1. The zero-order valence-corrected chi connectivity index (χ0v) is 15.0. The van der Waals surface area contributed by atoms with Crippen LogP contribution in [0.1, 0.15) is 49.8 Å². The lowest BCUT2D eigenvalue weighted by Gasteiger charge is -2.26. The van der Waals surface area contributed by atoms with Crippen LogP contribution in [0.25, 0.3) is 5.52 Å². The molecule has 6 nitrogen and oxygen atoms in total.